The number of hydrogen-bond acceptors (Lipinski definition) is 4. The van der Waals surface area contributed by atoms with Crippen molar-refractivity contribution in [2.75, 3.05) is 0 Å². The van der Waals surface area contributed by atoms with Gasteiger partial charge in [0, 0.05) is 33.7 Å². The van der Waals surface area contributed by atoms with Gasteiger partial charge in [0.05, 0.1) is 5.92 Å². The first-order valence-corrected chi connectivity index (χ1v) is 12.9. The lowest BCUT2D eigenvalue weighted by atomic mass is 9.85. The van der Waals surface area contributed by atoms with Crippen molar-refractivity contribution in [2.24, 2.45) is 0 Å². The molecule has 1 atom stereocenters. The Labute approximate surface area is 215 Å². The Hall–Kier alpha value is -3.76. The van der Waals surface area contributed by atoms with E-state index >= 15 is 0 Å². The second-order valence-corrected chi connectivity index (χ2v) is 9.95. The van der Waals surface area contributed by atoms with Crippen LogP contribution in [0, 0.1) is 0 Å². The number of nitrogens with zero attached hydrogens (tertiary/aromatic N) is 3. The van der Waals surface area contributed by atoms with Crippen LogP contribution < -0.4 is 0 Å². The van der Waals surface area contributed by atoms with E-state index in [1.54, 1.807) is 0 Å². The van der Waals surface area contributed by atoms with Crippen molar-refractivity contribution < 1.29 is 4.42 Å². The molecule has 3 aliphatic rings. The predicted molar refractivity (Wildman–Crippen MR) is 144 cm³/mol. The van der Waals surface area contributed by atoms with Crippen molar-refractivity contribution in [3.8, 4) is 11.4 Å². The van der Waals surface area contributed by atoms with Crippen molar-refractivity contribution in [1.82, 2.24) is 15.0 Å². The molecule has 176 valence electrons. The molecule has 7 rings (SSSR count). The van der Waals surface area contributed by atoms with E-state index in [9.17, 15) is 0 Å². The molecule has 5 heteroatoms. The van der Waals surface area contributed by atoms with E-state index in [2.05, 4.69) is 54.6 Å². The number of halogens is 1. The molecule has 2 aromatic heterocycles. The highest BCUT2D eigenvalue weighted by atomic mass is 35.5. The van der Waals surface area contributed by atoms with Crippen LogP contribution in [0.2, 0.25) is 5.02 Å². The molecule has 0 fully saturated rings. The number of aryl methyl sites for hydroxylation is 2. The normalized spacial score (nSPS) is 17.8. The summed E-state index contributed by atoms with van der Waals surface area (Å²) in [6.07, 6.45) is 15.7. The summed E-state index contributed by atoms with van der Waals surface area (Å²) in [5.74, 6) is 4.12. The Morgan fingerprint density at radius 1 is 0.861 bits per heavy atom. The number of aromatic nitrogens is 3. The van der Waals surface area contributed by atoms with Crippen LogP contribution in [-0.2, 0) is 12.8 Å². The van der Waals surface area contributed by atoms with Crippen LogP contribution in [0.1, 0.15) is 70.6 Å². The molecule has 1 unspecified atom stereocenters. The predicted octanol–water partition coefficient (Wildman–Crippen LogP) is 7.67. The smallest absolute Gasteiger partial charge is 0.164 e. The third kappa shape index (κ3) is 3.64. The van der Waals surface area contributed by atoms with E-state index in [-0.39, 0.29) is 5.92 Å². The SMILES string of the molecule is Clc1cccc(-c2nc(C3=CCCc4ccccc43)nc(C3CC=Cc4oc5c(c43)C=CCC5)n2)c1. The van der Waals surface area contributed by atoms with E-state index in [0.29, 0.717) is 16.7 Å². The molecule has 0 saturated carbocycles. The average Bonchev–Trinajstić information content (AvgIpc) is 3.31. The molecule has 4 aromatic rings. The Balaban J connectivity index is 1.43. The maximum atomic E-state index is 6.36. The molecule has 0 bridgehead atoms. The zero-order chi connectivity index (χ0) is 24.1. The summed E-state index contributed by atoms with van der Waals surface area (Å²) in [4.78, 5) is 15.2. The van der Waals surface area contributed by atoms with Gasteiger partial charge in [0.25, 0.3) is 0 Å². The Bertz CT molecular complexity index is 1590. The monoisotopic (exact) mass is 489 g/mol. The van der Waals surface area contributed by atoms with Crippen molar-refractivity contribution in [1.29, 1.82) is 0 Å². The Morgan fingerprint density at radius 2 is 1.78 bits per heavy atom. The first kappa shape index (κ1) is 21.5. The van der Waals surface area contributed by atoms with E-state index in [1.165, 1.54) is 22.3 Å². The van der Waals surface area contributed by atoms with Gasteiger partial charge < -0.3 is 4.42 Å². The first-order chi connectivity index (χ1) is 17.7. The van der Waals surface area contributed by atoms with Crippen LogP contribution in [0.5, 0.6) is 0 Å². The van der Waals surface area contributed by atoms with E-state index in [0.717, 1.165) is 60.6 Å². The molecule has 0 saturated heterocycles. The fourth-order valence-electron chi connectivity index (χ4n) is 5.58. The highest BCUT2D eigenvalue weighted by Crippen LogP contribution is 2.42. The molecule has 0 aliphatic heterocycles. The summed E-state index contributed by atoms with van der Waals surface area (Å²) in [5.41, 5.74) is 6.88. The number of allylic oxidation sites excluding steroid dienone is 3. The molecule has 3 aliphatic carbocycles. The van der Waals surface area contributed by atoms with Crippen molar-refractivity contribution in [3.05, 3.63) is 117 Å². The van der Waals surface area contributed by atoms with Crippen LogP contribution in [0.3, 0.4) is 0 Å². The summed E-state index contributed by atoms with van der Waals surface area (Å²) < 4.78 is 6.27. The third-order valence-electron chi connectivity index (χ3n) is 7.26. The molecule has 0 N–H and O–H groups in total. The number of hydrogen-bond donors (Lipinski definition) is 0. The minimum atomic E-state index is -0.000585. The highest BCUT2D eigenvalue weighted by Gasteiger charge is 2.31. The van der Waals surface area contributed by atoms with Crippen LogP contribution in [-0.4, -0.2) is 15.0 Å². The fourth-order valence-corrected chi connectivity index (χ4v) is 5.77. The van der Waals surface area contributed by atoms with Crippen molar-refractivity contribution in [2.45, 2.75) is 38.0 Å². The second kappa shape index (κ2) is 8.72. The summed E-state index contributed by atoms with van der Waals surface area (Å²) in [7, 11) is 0. The fraction of sp³-hybridized carbons (Fsp3) is 0.194. The highest BCUT2D eigenvalue weighted by molar-refractivity contribution is 6.30. The number of benzene rings is 2. The molecule has 2 heterocycles. The van der Waals surface area contributed by atoms with Gasteiger partial charge in [0.15, 0.2) is 11.6 Å². The topological polar surface area (TPSA) is 51.8 Å². The molecular weight excluding hydrogens is 466 g/mol. The van der Waals surface area contributed by atoms with Gasteiger partial charge in [0.2, 0.25) is 0 Å². The van der Waals surface area contributed by atoms with Crippen molar-refractivity contribution >= 4 is 29.3 Å². The Morgan fingerprint density at radius 3 is 2.72 bits per heavy atom. The summed E-state index contributed by atoms with van der Waals surface area (Å²) in [5, 5.41) is 0.662. The van der Waals surface area contributed by atoms with E-state index < -0.39 is 0 Å². The van der Waals surface area contributed by atoms with Gasteiger partial charge in [-0.1, -0.05) is 72.3 Å². The number of rotatable bonds is 3. The minimum absolute atomic E-state index is 0.000585. The largest absolute Gasteiger partial charge is 0.461 e. The van der Waals surface area contributed by atoms with E-state index in [1.807, 2.05) is 24.3 Å². The Kier molecular flexibility index (Phi) is 5.21. The molecule has 0 amide bonds. The molecule has 2 aromatic carbocycles. The lowest BCUT2D eigenvalue weighted by Crippen LogP contribution is -2.14. The standard InChI is InChI=1S/C31H24ClN3O/c32-21-11-5-10-20(18-21)29-33-30(23-14-6-9-19-8-1-2-12-22(19)23)35-31(34-29)25-15-7-17-27-28(25)24-13-3-4-16-26(24)36-27/h1-3,5,7-8,10-14,17-18,25H,4,6,9,15-16H2. The lowest BCUT2D eigenvalue weighted by molar-refractivity contribution is 0.494. The van der Waals surface area contributed by atoms with Crippen LogP contribution in [0.25, 0.3) is 29.1 Å². The number of fused-ring (bicyclic) bond motifs is 4. The summed E-state index contributed by atoms with van der Waals surface area (Å²) in [6, 6.07) is 16.3. The number of furan rings is 1. The van der Waals surface area contributed by atoms with E-state index in [4.69, 9.17) is 31.0 Å². The lowest BCUT2D eigenvalue weighted by Gasteiger charge is -2.21. The molecular formula is C31H24ClN3O. The summed E-state index contributed by atoms with van der Waals surface area (Å²) in [6.45, 7) is 0. The van der Waals surface area contributed by atoms with Gasteiger partial charge in [-0.25, -0.2) is 15.0 Å². The van der Waals surface area contributed by atoms with Gasteiger partial charge in [-0.3, -0.25) is 0 Å². The van der Waals surface area contributed by atoms with Gasteiger partial charge in [-0.05, 0) is 55.0 Å². The van der Waals surface area contributed by atoms with Crippen LogP contribution in [0.15, 0.2) is 71.2 Å². The third-order valence-corrected chi connectivity index (χ3v) is 7.49. The summed E-state index contributed by atoms with van der Waals surface area (Å²) >= 11 is 6.36. The van der Waals surface area contributed by atoms with Gasteiger partial charge in [-0.15, -0.1) is 0 Å². The first-order valence-electron chi connectivity index (χ1n) is 12.5. The molecule has 36 heavy (non-hydrogen) atoms. The molecule has 4 nitrogen and oxygen atoms in total. The second-order valence-electron chi connectivity index (χ2n) is 9.51. The zero-order valence-corrected chi connectivity index (χ0v) is 20.5. The van der Waals surface area contributed by atoms with Crippen LogP contribution >= 0.6 is 11.6 Å². The quantitative estimate of drug-likeness (QED) is 0.296. The maximum absolute atomic E-state index is 6.36. The van der Waals surface area contributed by atoms with Gasteiger partial charge >= 0.3 is 0 Å². The van der Waals surface area contributed by atoms with Gasteiger partial charge in [0.1, 0.15) is 17.3 Å². The van der Waals surface area contributed by atoms with Crippen LogP contribution in [0.4, 0.5) is 0 Å². The molecule has 0 radical (unpaired) electrons. The van der Waals surface area contributed by atoms with Gasteiger partial charge in [-0.2, -0.15) is 0 Å². The minimum Gasteiger partial charge on any atom is -0.461 e. The zero-order valence-electron chi connectivity index (χ0n) is 19.7. The average molecular weight is 490 g/mol. The maximum Gasteiger partial charge on any atom is 0.164 e. The molecule has 0 spiro atoms. The van der Waals surface area contributed by atoms with Crippen molar-refractivity contribution in [3.63, 3.8) is 0 Å².